The lowest BCUT2D eigenvalue weighted by molar-refractivity contribution is -0.870. The van der Waals surface area contributed by atoms with E-state index in [-0.39, 0.29) is 19.1 Å². The van der Waals surface area contributed by atoms with Crippen LogP contribution in [0, 0.1) is 0 Å². The zero-order valence-electron chi connectivity index (χ0n) is 33.8. The van der Waals surface area contributed by atoms with Crippen LogP contribution in [0.15, 0.2) is 36.5 Å². The molecule has 0 aromatic carbocycles. The molecule has 0 heterocycles. The van der Waals surface area contributed by atoms with Crippen molar-refractivity contribution in [2.24, 2.45) is 0 Å². The molecule has 0 spiro atoms. The van der Waals surface area contributed by atoms with Crippen LogP contribution in [0.5, 0.6) is 0 Å². The number of rotatable bonds is 37. The Morgan fingerprint density at radius 3 is 1.63 bits per heavy atom. The van der Waals surface area contributed by atoms with Crippen LogP contribution < -0.4 is 5.32 Å². The zero-order chi connectivity index (χ0) is 37.9. The van der Waals surface area contributed by atoms with Crippen LogP contribution in [0.1, 0.15) is 174 Å². The molecule has 8 nitrogen and oxygen atoms in total. The molecule has 0 saturated carbocycles. The van der Waals surface area contributed by atoms with Gasteiger partial charge in [0.2, 0.25) is 5.91 Å². The number of quaternary nitrogens is 1. The molecule has 3 unspecified atom stereocenters. The molecule has 0 aromatic rings. The third kappa shape index (κ3) is 36.9. The molecule has 1 amide bonds. The van der Waals surface area contributed by atoms with Crippen LogP contribution in [0.2, 0.25) is 0 Å². The number of nitrogens with one attached hydrogen (secondary N) is 1. The van der Waals surface area contributed by atoms with Crippen molar-refractivity contribution in [3.63, 3.8) is 0 Å². The first-order valence-electron chi connectivity index (χ1n) is 20.9. The minimum Gasteiger partial charge on any atom is -0.387 e. The van der Waals surface area contributed by atoms with Gasteiger partial charge in [0.15, 0.2) is 0 Å². The lowest BCUT2D eigenvalue weighted by Gasteiger charge is -2.25. The van der Waals surface area contributed by atoms with Gasteiger partial charge in [-0.3, -0.25) is 13.8 Å². The van der Waals surface area contributed by atoms with E-state index in [0.717, 1.165) is 51.4 Å². The van der Waals surface area contributed by atoms with Gasteiger partial charge in [-0.05, 0) is 51.4 Å². The summed E-state index contributed by atoms with van der Waals surface area (Å²) < 4.78 is 23.5. The fraction of sp³-hybridized carbons (Fsp3) is 0.833. The Bertz CT molecular complexity index is 933. The molecule has 0 saturated heterocycles. The highest BCUT2D eigenvalue weighted by Crippen LogP contribution is 2.43. The summed E-state index contributed by atoms with van der Waals surface area (Å²) in [6, 6.07) is -0.847. The standard InChI is InChI=1S/C42H81N2O6P/c1-6-8-10-12-14-16-18-19-20-21-22-23-24-26-28-30-32-34-36-42(46)43-40(39-50-51(47,48)49-38-37-44(3,4)5)41(45)35-33-31-29-27-25-17-15-13-11-9-7-2/h16,18,20-21,33,35,40-41,45H,6-15,17,19,22-32,34,36-39H2,1-5H3,(H-,43,46,47,48)/p+1/b18-16-,21-20-,35-33+. The quantitative estimate of drug-likeness (QED) is 0.0253. The van der Waals surface area contributed by atoms with E-state index < -0.39 is 20.0 Å². The summed E-state index contributed by atoms with van der Waals surface area (Å²) in [5, 5.41) is 13.8. The summed E-state index contributed by atoms with van der Waals surface area (Å²) in [5.74, 6) is -0.188. The van der Waals surface area contributed by atoms with E-state index in [1.807, 2.05) is 27.2 Å². The van der Waals surface area contributed by atoms with Crippen molar-refractivity contribution in [1.29, 1.82) is 0 Å². The highest BCUT2D eigenvalue weighted by atomic mass is 31.2. The summed E-state index contributed by atoms with van der Waals surface area (Å²) in [6.45, 7) is 4.76. The normalized spacial score (nSPS) is 14.9. The van der Waals surface area contributed by atoms with Crippen LogP contribution >= 0.6 is 7.82 Å². The topological polar surface area (TPSA) is 105 Å². The zero-order valence-corrected chi connectivity index (χ0v) is 34.7. The molecule has 0 fully saturated rings. The van der Waals surface area contributed by atoms with Crippen LogP contribution in [0.4, 0.5) is 0 Å². The summed E-state index contributed by atoms with van der Waals surface area (Å²) in [7, 11) is 1.56. The lowest BCUT2D eigenvalue weighted by atomic mass is 10.1. The van der Waals surface area contributed by atoms with Crippen molar-refractivity contribution in [2.75, 3.05) is 40.9 Å². The van der Waals surface area contributed by atoms with Crippen LogP contribution in [-0.4, -0.2) is 73.4 Å². The van der Waals surface area contributed by atoms with Crippen molar-refractivity contribution in [3.05, 3.63) is 36.5 Å². The molecule has 0 rings (SSSR count). The van der Waals surface area contributed by atoms with Crippen molar-refractivity contribution >= 4 is 13.7 Å². The number of aliphatic hydroxyl groups excluding tert-OH is 1. The average Bonchev–Trinajstić information content (AvgIpc) is 3.07. The number of likely N-dealkylation sites (N-methyl/N-ethyl adjacent to an activating group) is 1. The first kappa shape index (κ1) is 49.7. The Morgan fingerprint density at radius 2 is 1.12 bits per heavy atom. The van der Waals surface area contributed by atoms with Crippen molar-refractivity contribution in [2.45, 2.75) is 187 Å². The van der Waals surface area contributed by atoms with Gasteiger partial charge in [-0.2, -0.15) is 0 Å². The number of aliphatic hydroxyl groups is 1. The van der Waals surface area contributed by atoms with Gasteiger partial charge < -0.3 is 19.8 Å². The Morgan fingerprint density at radius 1 is 0.667 bits per heavy atom. The van der Waals surface area contributed by atoms with E-state index in [9.17, 15) is 19.4 Å². The Hall–Kier alpha value is -1.28. The van der Waals surface area contributed by atoms with Gasteiger partial charge in [0, 0.05) is 6.42 Å². The molecular formula is C42H82N2O6P+. The molecule has 0 bridgehead atoms. The van der Waals surface area contributed by atoms with E-state index in [2.05, 4.69) is 43.5 Å². The SMILES string of the molecule is CCCCCC/C=C\C/C=C\CCCCCCCCCC(=O)NC(COP(=O)(O)OCC[N+](C)(C)C)C(O)/C=C/CCCCCCCCCCC. The van der Waals surface area contributed by atoms with Gasteiger partial charge in [0.05, 0.1) is 39.9 Å². The van der Waals surface area contributed by atoms with E-state index in [1.165, 1.54) is 103 Å². The van der Waals surface area contributed by atoms with Gasteiger partial charge >= 0.3 is 7.82 Å². The number of nitrogens with zero attached hydrogens (tertiary/aromatic N) is 1. The van der Waals surface area contributed by atoms with Crippen molar-refractivity contribution in [1.82, 2.24) is 5.32 Å². The fourth-order valence-electron chi connectivity index (χ4n) is 5.72. The molecule has 51 heavy (non-hydrogen) atoms. The van der Waals surface area contributed by atoms with Gasteiger partial charge in [0.25, 0.3) is 0 Å². The summed E-state index contributed by atoms with van der Waals surface area (Å²) in [6.07, 6.45) is 40.6. The highest BCUT2D eigenvalue weighted by molar-refractivity contribution is 7.47. The molecule has 9 heteroatoms. The minimum absolute atomic E-state index is 0.0592. The number of phosphoric acid groups is 1. The number of amides is 1. The van der Waals surface area contributed by atoms with E-state index in [0.29, 0.717) is 17.4 Å². The summed E-state index contributed by atoms with van der Waals surface area (Å²) >= 11 is 0. The second-order valence-corrected chi connectivity index (χ2v) is 16.8. The molecule has 0 aliphatic heterocycles. The molecule has 300 valence electrons. The predicted octanol–water partition coefficient (Wildman–Crippen LogP) is 11.1. The summed E-state index contributed by atoms with van der Waals surface area (Å²) in [5.41, 5.74) is 0. The van der Waals surface area contributed by atoms with Crippen LogP contribution in [0.3, 0.4) is 0 Å². The maximum atomic E-state index is 12.8. The number of phosphoric ester groups is 1. The van der Waals surface area contributed by atoms with Gasteiger partial charge in [-0.15, -0.1) is 0 Å². The smallest absolute Gasteiger partial charge is 0.387 e. The number of unbranched alkanes of at least 4 members (excludes halogenated alkanes) is 20. The van der Waals surface area contributed by atoms with E-state index in [1.54, 1.807) is 6.08 Å². The average molecular weight is 742 g/mol. The molecule has 0 aliphatic carbocycles. The second kappa shape index (κ2) is 34.5. The minimum atomic E-state index is -4.33. The van der Waals surface area contributed by atoms with E-state index in [4.69, 9.17) is 9.05 Å². The number of carbonyl (C=O) groups excluding carboxylic acids is 1. The molecule has 0 aliphatic rings. The monoisotopic (exact) mass is 742 g/mol. The molecule has 3 atom stereocenters. The van der Waals surface area contributed by atoms with Crippen LogP contribution in [-0.2, 0) is 18.4 Å². The number of carbonyl (C=O) groups is 1. The maximum Gasteiger partial charge on any atom is 0.472 e. The molecule has 3 N–H and O–H groups in total. The number of allylic oxidation sites excluding steroid dienone is 5. The highest BCUT2D eigenvalue weighted by Gasteiger charge is 2.27. The third-order valence-corrected chi connectivity index (χ3v) is 10.1. The third-order valence-electron chi connectivity index (χ3n) is 9.10. The largest absolute Gasteiger partial charge is 0.472 e. The van der Waals surface area contributed by atoms with Crippen molar-refractivity contribution in [3.8, 4) is 0 Å². The van der Waals surface area contributed by atoms with Gasteiger partial charge in [0.1, 0.15) is 13.2 Å². The number of hydrogen-bond acceptors (Lipinski definition) is 5. The van der Waals surface area contributed by atoms with Gasteiger partial charge in [-0.25, -0.2) is 4.57 Å². The van der Waals surface area contributed by atoms with Gasteiger partial charge in [-0.1, -0.05) is 153 Å². The first-order valence-corrected chi connectivity index (χ1v) is 22.4. The maximum absolute atomic E-state index is 12.8. The Balaban J connectivity index is 4.44. The second-order valence-electron chi connectivity index (χ2n) is 15.4. The Kier molecular flexibility index (Phi) is 33.6. The fourth-order valence-corrected chi connectivity index (χ4v) is 6.45. The molecule has 0 aromatic heterocycles. The molecule has 0 radical (unpaired) electrons. The Labute approximate surface area is 315 Å². The molecular weight excluding hydrogens is 659 g/mol. The lowest BCUT2D eigenvalue weighted by Crippen LogP contribution is -2.45. The number of hydrogen-bond donors (Lipinski definition) is 3. The first-order chi connectivity index (χ1) is 24.5. The van der Waals surface area contributed by atoms with Crippen molar-refractivity contribution < 1.29 is 32.9 Å². The van der Waals surface area contributed by atoms with E-state index >= 15 is 0 Å². The predicted molar refractivity (Wildman–Crippen MR) is 217 cm³/mol. The summed E-state index contributed by atoms with van der Waals surface area (Å²) in [4.78, 5) is 23.0. The van der Waals surface area contributed by atoms with Crippen LogP contribution in [0.25, 0.3) is 0 Å².